The fourth-order valence-corrected chi connectivity index (χ4v) is 4.44. The molecule has 0 atom stereocenters. The number of hydrogen-bond donors (Lipinski definition) is 0. The van der Waals surface area contributed by atoms with Gasteiger partial charge in [-0.25, -0.2) is 9.78 Å². The van der Waals surface area contributed by atoms with Gasteiger partial charge in [0, 0.05) is 12.1 Å². The van der Waals surface area contributed by atoms with Crippen molar-refractivity contribution in [1.82, 2.24) is 9.88 Å². The molecule has 1 aromatic heterocycles. The molecule has 1 aliphatic rings. The minimum Gasteiger partial charge on any atom is -0.445 e. The van der Waals surface area contributed by atoms with Gasteiger partial charge in [-0.1, -0.05) is 60.2 Å². The number of amides is 1. The summed E-state index contributed by atoms with van der Waals surface area (Å²) >= 11 is 1.67. The van der Waals surface area contributed by atoms with E-state index >= 15 is 0 Å². The molecule has 0 saturated carbocycles. The first-order valence-corrected chi connectivity index (χ1v) is 11.3. The van der Waals surface area contributed by atoms with E-state index in [4.69, 9.17) is 9.72 Å². The lowest BCUT2D eigenvalue weighted by Gasteiger charge is -2.27. The number of aromatic nitrogens is 1. The summed E-state index contributed by atoms with van der Waals surface area (Å²) < 4.78 is 5.49. The second-order valence-corrected chi connectivity index (χ2v) is 8.82. The zero-order chi connectivity index (χ0) is 21.6. The minimum atomic E-state index is -0.265. The van der Waals surface area contributed by atoms with Crippen LogP contribution in [0, 0.1) is 13.8 Å². The van der Waals surface area contributed by atoms with Crippen molar-refractivity contribution in [3.63, 3.8) is 0 Å². The second kappa shape index (κ2) is 9.78. The van der Waals surface area contributed by atoms with Gasteiger partial charge in [-0.15, -0.1) is 17.1 Å². The summed E-state index contributed by atoms with van der Waals surface area (Å²) in [5, 5.41) is 1.02. The first kappa shape index (κ1) is 21.1. The normalized spacial score (nSPS) is 13.6. The van der Waals surface area contributed by atoms with Crippen molar-refractivity contribution >= 4 is 23.5 Å². The highest BCUT2D eigenvalue weighted by Gasteiger charge is 2.20. The van der Waals surface area contributed by atoms with E-state index in [9.17, 15) is 4.79 Å². The van der Waals surface area contributed by atoms with E-state index < -0.39 is 0 Å². The highest BCUT2D eigenvalue weighted by molar-refractivity contribution is 7.16. The number of hydrogen-bond acceptors (Lipinski definition) is 4. The van der Waals surface area contributed by atoms with Gasteiger partial charge in [0.15, 0.2) is 0 Å². The van der Waals surface area contributed by atoms with Crippen molar-refractivity contribution in [3.05, 3.63) is 87.6 Å². The van der Waals surface area contributed by atoms with Crippen LogP contribution in [0.3, 0.4) is 0 Å². The molecule has 4 rings (SSSR count). The van der Waals surface area contributed by atoms with E-state index in [-0.39, 0.29) is 6.09 Å². The van der Waals surface area contributed by atoms with E-state index in [1.807, 2.05) is 43.3 Å². The van der Waals surface area contributed by atoms with Crippen molar-refractivity contribution < 1.29 is 9.53 Å². The highest BCUT2D eigenvalue weighted by Crippen LogP contribution is 2.29. The Morgan fingerprint density at radius 2 is 1.94 bits per heavy atom. The molecule has 0 radical (unpaired) electrons. The fraction of sp³-hybridized carbons (Fsp3) is 0.269. The van der Waals surface area contributed by atoms with Gasteiger partial charge in [-0.3, -0.25) is 0 Å². The standard InChI is InChI=1S/C26H26N2O2S/c1-19-10-13-23(14-11-19)25-27-20(2)24(31-25)15-12-21-9-6-16-28(17-21)26(29)30-18-22-7-4-3-5-8-22/h3-5,7-8,10-11,13-15H,6,9,16-18H2,1-2H3. The molecule has 1 saturated heterocycles. The van der Waals surface area contributed by atoms with Gasteiger partial charge in [0.1, 0.15) is 11.6 Å². The van der Waals surface area contributed by atoms with E-state index in [0.717, 1.165) is 51.7 Å². The first-order valence-electron chi connectivity index (χ1n) is 10.5. The van der Waals surface area contributed by atoms with Crippen LogP contribution in [-0.2, 0) is 11.3 Å². The number of carbonyl (C=O) groups is 1. The van der Waals surface area contributed by atoms with Crippen molar-refractivity contribution in [2.75, 3.05) is 13.1 Å². The fourth-order valence-electron chi connectivity index (χ4n) is 3.49. The van der Waals surface area contributed by atoms with Crippen LogP contribution in [0.25, 0.3) is 16.6 Å². The van der Waals surface area contributed by atoms with Crippen LogP contribution in [0.4, 0.5) is 4.79 Å². The summed E-state index contributed by atoms with van der Waals surface area (Å²) in [5.74, 6) is 0. The third-order valence-corrected chi connectivity index (χ3v) is 6.44. The van der Waals surface area contributed by atoms with E-state index in [1.165, 1.54) is 5.56 Å². The number of thiazole rings is 1. The number of aryl methyl sites for hydroxylation is 2. The predicted molar refractivity (Wildman–Crippen MR) is 126 cm³/mol. The molecule has 1 aliphatic heterocycles. The van der Waals surface area contributed by atoms with Crippen molar-refractivity contribution in [1.29, 1.82) is 0 Å². The van der Waals surface area contributed by atoms with Gasteiger partial charge in [-0.2, -0.15) is 0 Å². The summed E-state index contributed by atoms with van der Waals surface area (Å²) in [6.45, 7) is 5.69. The summed E-state index contributed by atoms with van der Waals surface area (Å²) in [6, 6.07) is 18.2. The molecule has 5 heteroatoms. The largest absolute Gasteiger partial charge is 0.445 e. The van der Waals surface area contributed by atoms with Gasteiger partial charge < -0.3 is 9.64 Å². The topological polar surface area (TPSA) is 42.4 Å². The Hall–Kier alpha value is -3.14. The monoisotopic (exact) mass is 430 g/mol. The molecule has 0 unspecified atom stereocenters. The maximum absolute atomic E-state index is 12.5. The molecule has 31 heavy (non-hydrogen) atoms. The Balaban J connectivity index is 1.42. The molecular weight excluding hydrogens is 404 g/mol. The Kier molecular flexibility index (Phi) is 6.66. The summed E-state index contributed by atoms with van der Waals surface area (Å²) in [4.78, 5) is 20.1. The van der Waals surface area contributed by atoms with Crippen LogP contribution >= 0.6 is 11.3 Å². The van der Waals surface area contributed by atoms with Gasteiger partial charge >= 0.3 is 6.09 Å². The van der Waals surface area contributed by atoms with Crippen molar-refractivity contribution in [3.8, 4) is 10.6 Å². The molecule has 2 heterocycles. The lowest BCUT2D eigenvalue weighted by molar-refractivity contribution is 0.0954. The van der Waals surface area contributed by atoms with Gasteiger partial charge in [0.2, 0.25) is 0 Å². The molecule has 0 N–H and O–H groups in total. The first-order chi connectivity index (χ1) is 15.1. The van der Waals surface area contributed by atoms with Crippen LogP contribution in [0.5, 0.6) is 0 Å². The van der Waals surface area contributed by atoms with Gasteiger partial charge in [0.25, 0.3) is 0 Å². The number of carbonyl (C=O) groups excluding carboxylic acids is 1. The molecule has 158 valence electrons. The number of ether oxygens (including phenoxy) is 1. The van der Waals surface area contributed by atoms with Crippen LogP contribution in [0.15, 0.2) is 65.9 Å². The van der Waals surface area contributed by atoms with Crippen LogP contribution in [0.1, 0.15) is 34.5 Å². The Morgan fingerprint density at radius 1 is 1.16 bits per heavy atom. The zero-order valence-corrected chi connectivity index (χ0v) is 18.7. The average molecular weight is 431 g/mol. The molecule has 0 bridgehead atoms. The van der Waals surface area contributed by atoms with Gasteiger partial charge in [-0.05, 0) is 43.9 Å². The van der Waals surface area contributed by atoms with Crippen LogP contribution in [-0.4, -0.2) is 29.1 Å². The minimum absolute atomic E-state index is 0.265. The number of piperidine rings is 1. The molecule has 1 fully saturated rings. The lowest BCUT2D eigenvalue weighted by atomic mass is 10.1. The smallest absolute Gasteiger partial charge is 0.410 e. The molecule has 4 nitrogen and oxygen atoms in total. The Bertz CT molecular complexity index is 1110. The van der Waals surface area contributed by atoms with Crippen LogP contribution < -0.4 is 0 Å². The maximum Gasteiger partial charge on any atom is 0.410 e. The molecule has 0 aliphatic carbocycles. The number of nitrogens with zero attached hydrogens (tertiary/aromatic N) is 2. The third-order valence-electron chi connectivity index (χ3n) is 5.29. The quantitative estimate of drug-likeness (QED) is 0.450. The SMILES string of the molecule is Cc1ccc(-c2nc(C)c(C=C=C3CCCN(C(=O)OCc4ccccc4)C3)s2)cc1. The number of likely N-dealkylation sites (tertiary alicyclic amines) is 1. The molecule has 2 aromatic carbocycles. The molecule has 3 aromatic rings. The van der Waals surface area contributed by atoms with Crippen molar-refractivity contribution in [2.24, 2.45) is 0 Å². The molecular formula is C26H26N2O2S. The Morgan fingerprint density at radius 3 is 2.71 bits per heavy atom. The number of benzene rings is 2. The summed E-state index contributed by atoms with van der Waals surface area (Å²) in [5.41, 5.74) is 8.92. The van der Waals surface area contributed by atoms with Crippen LogP contribution in [0.2, 0.25) is 0 Å². The maximum atomic E-state index is 12.5. The summed E-state index contributed by atoms with van der Waals surface area (Å²) in [6.07, 6.45) is 3.62. The lowest BCUT2D eigenvalue weighted by Crippen LogP contribution is -2.36. The van der Waals surface area contributed by atoms with Gasteiger partial charge in [0.05, 0.1) is 17.1 Å². The molecule has 0 spiro atoms. The summed E-state index contributed by atoms with van der Waals surface area (Å²) in [7, 11) is 0. The predicted octanol–water partition coefficient (Wildman–Crippen LogP) is 6.40. The van der Waals surface area contributed by atoms with E-state index in [0.29, 0.717) is 13.2 Å². The van der Waals surface area contributed by atoms with E-state index in [1.54, 1.807) is 16.2 Å². The highest BCUT2D eigenvalue weighted by atomic mass is 32.1. The average Bonchev–Trinajstić information content (AvgIpc) is 3.18. The van der Waals surface area contributed by atoms with E-state index in [2.05, 4.69) is 36.9 Å². The molecule has 1 amide bonds. The number of rotatable bonds is 4. The zero-order valence-electron chi connectivity index (χ0n) is 17.9. The Labute approximate surface area is 187 Å². The third kappa shape index (κ3) is 5.52. The second-order valence-electron chi connectivity index (χ2n) is 7.79. The van der Waals surface area contributed by atoms with Crippen molar-refractivity contribution in [2.45, 2.75) is 33.3 Å².